The summed E-state index contributed by atoms with van der Waals surface area (Å²) in [7, 11) is 0. The molecule has 0 unspecified atom stereocenters. The lowest BCUT2D eigenvalue weighted by Gasteiger charge is -2.10. The quantitative estimate of drug-likeness (QED) is 0.415. The molecule has 0 saturated carbocycles. The molecule has 0 aliphatic carbocycles. The van der Waals surface area contributed by atoms with Crippen LogP contribution in [-0.4, -0.2) is 15.8 Å². The van der Waals surface area contributed by atoms with Gasteiger partial charge in [0.05, 0.1) is 21.1 Å². The van der Waals surface area contributed by atoms with E-state index in [0.717, 1.165) is 34.3 Å². The van der Waals surface area contributed by atoms with Gasteiger partial charge in [0.15, 0.2) is 0 Å². The van der Waals surface area contributed by atoms with Gasteiger partial charge in [-0.1, -0.05) is 77.8 Å². The van der Waals surface area contributed by atoms with Gasteiger partial charge in [-0.15, -0.1) is 0 Å². The Morgan fingerprint density at radius 1 is 0.923 bits per heavy atom. The van der Waals surface area contributed by atoms with Crippen molar-refractivity contribution in [1.82, 2.24) is 9.55 Å². The molecular formula is C21H14Cl2N2O. The van der Waals surface area contributed by atoms with Crippen LogP contribution in [0.5, 0.6) is 0 Å². The van der Waals surface area contributed by atoms with E-state index in [-0.39, 0.29) is 0 Å². The summed E-state index contributed by atoms with van der Waals surface area (Å²) in [6.07, 6.45) is 0.830. The van der Waals surface area contributed by atoms with Crippen LogP contribution in [0.2, 0.25) is 10.0 Å². The van der Waals surface area contributed by atoms with Crippen molar-refractivity contribution < 1.29 is 4.79 Å². The van der Waals surface area contributed by atoms with Crippen molar-refractivity contribution >= 4 is 40.5 Å². The van der Waals surface area contributed by atoms with E-state index in [0.29, 0.717) is 22.2 Å². The number of hydrogen-bond acceptors (Lipinski definition) is 2. The van der Waals surface area contributed by atoms with Gasteiger partial charge in [-0.3, -0.25) is 4.79 Å². The largest absolute Gasteiger partial charge is 0.319 e. The summed E-state index contributed by atoms with van der Waals surface area (Å²) < 4.78 is 2.11. The molecule has 26 heavy (non-hydrogen) atoms. The predicted octanol–water partition coefficient (Wildman–Crippen LogP) is 5.87. The Bertz CT molecular complexity index is 1090. The van der Waals surface area contributed by atoms with Crippen LogP contribution in [-0.2, 0) is 6.54 Å². The van der Waals surface area contributed by atoms with Gasteiger partial charge in [0.25, 0.3) is 0 Å². The summed E-state index contributed by atoms with van der Waals surface area (Å²) in [6.45, 7) is 0.653. The van der Waals surface area contributed by atoms with Crippen LogP contribution >= 0.6 is 23.2 Å². The first-order valence-electron chi connectivity index (χ1n) is 8.10. The van der Waals surface area contributed by atoms with Crippen molar-refractivity contribution in [2.24, 2.45) is 0 Å². The van der Waals surface area contributed by atoms with E-state index in [2.05, 4.69) is 16.7 Å². The molecular weight excluding hydrogens is 367 g/mol. The van der Waals surface area contributed by atoms with E-state index in [1.165, 1.54) is 0 Å². The van der Waals surface area contributed by atoms with Crippen molar-refractivity contribution in [1.29, 1.82) is 0 Å². The molecule has 0 fully saturated rings. The van der Waals surface area contributed by atoms with E-state index in [1.807, 2.05) is 36.4 Å². The Balaban J connectivity index is 1.92. The fraction of sp³-hybridized carbons (Fsp3) is 0.0476. The maximum absolute atomic E-state index is 10.9. The average Bonchev–Trinajstić information content (AvgIpc) is 3.00. The summed E-state index contributed by atoms with van der Waals surface area (Å²) in [4.78, 5) is 15.7. The smallest absolute Gasteiger partial charge is 0.150 e. The summed E-state index contributed by atoms with van der Waals surface area (Å²) >= 11 is 12.4. The molecule has 0 radical (unpaired) electrons. The number of nitrogens with zero attached hydrogens (tertiary/aromatic N) is 2. The van der Waals surface area contributed by atoms with Crippen LogP contribution < -0.4 is 0 Å². The molecule has 3 nitrogen and oxygen atoms in total. The molecule has 0 aliphatic heterocycles. The number of hydrogen-bond donors (Lipinski definition) is 0. The molecule has 1 heterocycles. The average molecular weight is 381 g/mol. The van der Waals surface area contributed by atoms with E-state index >= 15 is 0 Å². The predicted molar refractivity (Wildman–Crippen MR) is 106 cm³/mol. The van der Waals surface area contributed by atoms with Crippen molar-refractivity contribution in [3.63, 3.8) is 0 Å². The zero-order chi connectivity index (χ0) is 18.1. The molecule has 0 atom stereocenters. The van der Waals surface area contributed by atoms with Gasteiger partial charge < -0.3 is 4.57 Å². The minimum absolute atomic E-state index is 0.478. The van der Waals surface area contributed by atoms with Crippen LogP contribution in [0, 0.1) is 0 Å². The highest BCUT2D eigenvalue weighted by Gasteiger charge is 2.15. The molecule has 1 aromatic heterocycles. The molecule has 0 bridgehead atoms. The van der Waals surface area contributed by atoms with Crippen molar-refractivity contribution in [2.45, 2.75) is 6.54 Å². The van der Waals surface area contributed by atoms with E-state index in [9.17, 15) is 4.79 Å². The fourth-order valence-corrected chi connectivity index (χ4v) is 3.29. The maximum Gasteiger partial charge on any atom is 0.150 e. The van der Waals surface area contributed by atoms with Gasteiger partial charge in [0.1, 0.15) is 12.1 Å². The third-order valence-electron chi connectivity index (χ3n) is 4.28. The molecule has 4 aromatic rings. The van der Waals surface area contributed by atoms with Gasteiger partial charge in [-0.25, -0.2) is 4.98 Å². The summed E-state index contributed by atoms with van der Waals surface area (Å²) in [6, 6.07) is 21.2. The van der Waals surface area contributed by atoms with Crippen molar-refractivity contribution in [3.8, 4) is 11.4 Å². The van der Waals surface area contributed by atoms with Crippen LogP contribution in [0.25, 0.3) is 22.4 Å². The minimum Gasteiger partial charge on any atom is -0.319 e. The summed E-state index contributed by atoms with van der Waals surface area (Å²) in [5, 5.41) is 0.975. The van der Waals surface area contributed by atoms with Crippen molar-refractivity contribution in [3.05, 3.63) is 87.9 Å². The number of aldehydes is 1. The van der Waals surface area contributed by atoms with Gasteiger partial charge in [0, 0.05) is 17.7 Å². The van der Waals surface area contributed by atoms with Gasteiger partial charge in [0.2, 0.25) is 0 Å². The van der Waals surface area contributed by atoms with E-state index in [4.69, 9.17) is 28.2 Å². The number of halogens is 2. The fourth-order valence-electron chi connectivity index (χ4n) is 2.98. The SMILES string of the molecule is O=Cc1ccc(-c2nc3cc(Cl)c(Cl)cc3n2Cc2ccccc2)cc1. The first-order valence-corrected chi connectivity index (χ1v) is 8.86. The Morgan fingerprint density at radius 3 is 2.31 bits per heavy atom. The second-order valence-corrected chi connectivity index (χ2v) is 6.82. The Morgan fingerprint density at radius 2 is 1.62 bits per heavy atom. The number of rotatable bonds is 4. The molecule has 128 valence electrons. The number of fused-ring (bicyclic) bond motifs is 1. The summed E-state index contributed by atoms with van der Waals surface area (Å²) in [5.74, 6) is 0.805. The highest BCUT2D eigenvalue weighted by Crippen LogP contribution is 2.32. The molecule has 5 heteroatoms. The van der Waals surface area contributed by atoms with E-state index in [1.54, 1.807) is 18.2 Å². The highest BCUT2D eigenvalue weighted by atomic mass is 35.5. The van der Waals surface area contributed by atoms with Crippen LogP contribution in [0.15, 0.2) is 66.7 Å². The minimum atomic E-state index is 0.478. The Kier molecular flexibility index (Phi) is 4.49. The standard InChI is InChI=1S/C21H14Cl2N2O/c22-17-10-19-20(11-18(17)23)25(12-14-4-2-1-3-5-14)21(24-19)16-8-6-15(13-26)7-9-16/h1-11,13H,12H2. The molecule has 0 saturated heterocycles. The second-order valence-electron chi connectivity index (χ2n) is 6.00. The maximum atomic E-state index is 10.9. The number of carbonyl (C=O) groups excluding carboxylic acids is 1. The number of carbonyl (C=O) groups is 1. The van der Waals surface area contributed by atoms with Crippen LogP contribution in [0.4, 0.5) is 0 Å². The first kappa shape index (κ1) is 16.8. The van der Waals surface area contributed by atoms with Crippen LogP contribution in [0.3, 0.4) is 0 Å². The van der Waals surface area contributed by atoms with Gasteiger partial charge >= 0.3 is 0 Å². The normalized spacial score (nSPS) is 11.0. The number of benzene rings is 3. The van der Waals surface area contributed by atoms with Crippen LogP contribution in [0.1, 0.15) is 15.9 Å². The highest BCUT2D eigenvalue weighted by molar-refractivity contribution is 6.42. The third-order valence-corrected chi connectivity index (χ3v) is 5.00. The van der Waals surface area contributed by atoms with E-state index < -0.39 is 0 Å². The molecule has 0 aliphatic rings. The molecule has 0 spiro atoms. The van der Waals surface area contributed by atoms with Crippen molar-refractivity contribution in [2.75, 3.05) is 0 Å². The lowest BCUT2D eigenvalue weighted by Crippen LogP contribution is -2.02. The Hall–Kier alpha value is -2.62. The topological polar surface area (TPSA) is 34.9 Å². The number of imidazole rings is 1. The lowest BCUT2D eigenvalue weighted by molar-refractivity contribution is 0.112. The third kappa shape index (κ3) is 3.12. The number of aromatic nitrogens is 2. The molecule has 3 aromatic carbocycles. The first-order chi connectivity index (χ1) is 12.7. The van der Waals surface area contributed by atoms with Gasteiger partial charge in [-0.05, 0) is 17.7 Å². The lowest BCUT2D eigenvalue weighted by atomic mass is 10.1. The molecule has 4 rings (SSSR count). The monoisotopic (exact) mass is 380 g/mol. The zero-order valence-electron chi connectivity index (χ0n) is 13.7. The second kappa shape index (κ2) is 6.94. The Labute approximate surface area is 160 Å². The molecule has 0 N–H and O–H groups in total. The molecule has 0 amide bonds. The van der Waals surface area contributed by atoms with Gasteiger partial charge in [-0.2, -0.15) is 0 Å². The summed E-state index contributed by atoms with van der Waals surface area (Å²) in [5.41, 5.74) is 4.41. The zero-order valence-corrected chi connectivity index (χ0v) is 15.2.